The maximum atomic E-state index is 12.6. The van der Waals surface area contributed by atoms with Crippen molar-refractivity contribution in [3.05, 3.63) is 53.5 Å². The van der Waals surface area contributed by atoms with Crippen LogP contribution in [0.15, 0.2) is 41.0 Å². The molecule has 0 saturated heterocycles. The fourth-order valence-electron chi connectivity index (χ4n) is 3.34. The molecule has 138 valence electrons. The van der Waals surface area contributed by atoms with E-state index in [1.807, 2.05) is 11.9 Å². The van der Waals surface area contributed by atoms with Crippen LogP contribution in [0.25, 0.3) is 0 Å². The number of nitrogens with one attached hydrogen (secondary N) is 1. The van der Waals surface area contributed by atoms with Gasteiger partial charge in [-0.05, 0) is 43.2 Å². The Labute approximate surface area is 153 Å². The number of rotatable bonds is 5. The molecule has 2 aromatic rings. The van der Waals surface area contributed by atoms with Crippen LogP contribution >= 0.6 is 0 Å². The molecule has 3 N–H and O–H groups in total. The quantitative estimate of drug-likeness (QED) is 0.860. The topological polar surface area (TPSA) is 88.6 Å². The SMILES string of the molecule is CN(C(=O)c1ccc(NC(=O)c2coc(CN)c2)cc1)C1CCCCC1. The van der Waals surface area contributed by atoms with E-state index in [4.69, 9.17) is 10.2 Å². The number of benzene rings is 1. The van der Waals surface area contributed by atoms with E-state index in [1.54, 1.807) is 30.3 Å². The van der Waals surface area contributed by atoms with Crippen LogP contribution in [0, 0.1) is 0 Å². The fourth-order valence-corrected chi connectivity index (χ4v) is 3.34. The van der Waals surface area contributed by atoms with Gasteiger partial charge in [-0.25, -0.2) is 0 Å². The lowest BCUT2D eigenvalue weighted by molar-refractivity contribution is 0.0696. The highest BCUT2D eigenvalue weighted by atomic mass is 16.3. The molecule has 6 nitrogen and oxygen atoms in total. The maximum absolute atomic E-state index is 12.6. The molecule has 0 radical (unpaired) electrons. The number of carbonyl (C=O) groups is 2. The Balaban J connectivity index is 1.62. The minimum Gasteiger partial charge on any atom is -0.467 e. The van der Waals surface area contributed by atoms with E-state index in [9.17, 15) is 9.59 Å². The molecule has 0 atom stereocenters. The highest BCUT2D eigenvalue weighted by Gasteiger charge is 2.23. The average molecular weight is 355 g/mol. The summed E-state index contributed by atoms with van der Waals surface area (Å²) < 4.78 is 5.17. The number of furan rings is 1. The van der Waals surface area contributed by atoms with Gasteiger partial charge in [0, 0.05) is 24.3 Å². The van der Waals surface area contributed by atoms with Crippen LogP contribution in [0.1, 0.15) is 58.6 Å². The van der Waals surface area contributed by atoms with Gasteiger partial charge in [0.25, 0.3) is 11.8 Å². The molecule has 0 aliphatic heterocycles. The van der Waals surface area contributed by atoms with Crippen LogP contribution < -0.4 is 11.1 Å². The molecular formula is C20H25N3O3. The lowest BCUT2D eigenvalue weighted by Gasteiger charge is -2.31. The second-order valence-electron chi connectivity index (χ2n) is 6.75. The molecule has 1 aliphatic carbocycles. The van der Waals surface area contributed by atoms with Gasteiger partial charge in [-0.1, -0.05) is 19.3 Å². The predicted molar refractivity (Wildman–Crippen MR) is 100.0 cm³/mol. The van der Waals surface area contributed by atoms with Gasteiger partial charge in [-0.2, -0.15) is 0 Å². The number of amides is 2. The zero-order valence-electron chi connectivity index (χ0n) is 15.0. The van der Waals surface area contributed by atoms with Crippen molar-refractivity contribution in [2.24, 2.45) is 5.73 Å². The predicted octanol–water partition coefficient (Wildman–Crippen LogP) is 3.40. The van der Waals surface area contributed by atoms with E-state index in [-0.39, 0.29) is 18.4 Å². The van der Waals surface area contributed by atoms with Crippen molar-refractivity contribution in [3.63, 3.8) is 0 Å². The van der Waals surface area contributed by atoms with E-state index < -0.39 is 0 Å². The largest absolute Gasteiger partial charge is 0.467 e. The molecule has 3 rings (SSSR count). The first-order valence-corrected chi connectivity index (χ1v) is 9.04. The number of nitrogens with zero attached hydrogens (tertiary/aromatic N) is 1. The van der Waals surface area contributed by atoms with Gasteiger partial charge in [0.1, 0.15) is 12.0 Å². The van der Waals surface area contributed by atoms with Crippen LogP contribution in [-0.4, -0.2) is 29.8 Å². The van der Waals surface area contributed by atoms with Crippen LogP contribution in [-0.2, 0) is 6.54 Å². The Morgan fingerprint density at radius 2 is 1.85 bits per heavy atom. The Kier molecular flexibility index (Phi) is 5.73. The zero-order chi connectivity index (χ0) is 18.5. The monoisotopic (exact) mass is 355 g/mol. The number of hydrogen-bond acceptors (Lipinski definition) is 4. The van der Waals surface area contributed by atoms with Gasteiger partial charge < -0.3 is 20.4 Å². The lowest BCUT2D eigenvalue weighted by atomic mass is 9.94. The molecule has 0 spiro atoms. The summed E-state index contributed by atoms with van der Waals surface area (Å²) in [5, 5.41) is 2.79. The minimum absolute atomic E-state index is 0.0252. The number of anilines is 1. The van der Waals surface area contributed by atoms with Crippen molar-refractivity contribution in [1.82, 2.24) is 4.90 Å². The highest BCUT2D eigenvalue weighted by Crippen LogP contribution is 2.23. The Morgan fingerprint density at radius 1 is 1.15 bits per heavy atom. The van der Waals surface area contributed by atoms with Crippen molar-refractivity contribution in [1.29, 1.82) is 0 Å². The Hall–Kier alpha value is -2.60. The van der Waals surface area contributed by atoms with Gasteiger partial charge in [0.2, 0.25) is 0 Å². The van der Waals surface area contributed by atoms with E-state index in [2.05, 4.69) is 5.32 Å². The van der Waals surface area contributed by atoms with Crippen molar-refractivity contribution < 1.29 is 14.0 Å². The summed E-state index contributed by atoms with van der Waals surface area (Å²) in [6.07, 6.45) is 7.17. The first-order chi connectivity index (χ1) is 12.6. The molecule has 1 saturated carbocycles. The first kappa shape index (κ1) is 18.2. The normalized spacial score (nSPS) is 14.8. The van der Waals surface area contributed by atoms with Gasteiger partial charge in [0.15, 0.2) is 0 Å². The molecule has 2 amide bonds. The van der Waals surface area contributed by atoms with Gasteiger partial charge in [-0.3, -0.25) is 9.59 Å². The van der Waals surface area contributed by atoms with Gasteiger partial charge in [-0.15, -0.1) is 0 Å². The minimum atomic E-state index is -0.271. The van der Waals surface area contributed by atoms with Crippen molar-refractivity contribution in [3.8, 4) is 0 Å². The molecular weight excluding hydrogens is 330 g/mol. The smallest absolute Gasteiger partial charge is 0.258 e. The van der Waals surface area contributed by atoms with Gasteiger partial charge in [0.05, 0.1) is 12.1 Å². The molecule has 1 aromatic carbocycles. The third-order valence-electron chi connectivity index (χ3n) is 4.95. The fraction of sp³-hybridized carbons (Fsp3) is 0.400. The summed E-state index contributed by atoms with van der Waals surface area (Å²) >= 11 is 0. The molecule has 1 heterocycles. The van der Waals surface area contributed by atoms with E-state index in [0.29, 0.717) is 28.6 Å². The average Bonchev–Trinajstić information content (AvgIpc) is 3.17. The number of hydrogen-bond donors (Lipinski definition) is 2. The summed E-state index contributed by atoms with van der Waals surface area (Å²) in [5.74, 6) is 0.311. The van der Waals surface area contributed by atoms with Gasteiger partial charge >= 0.3 is 0 Å². The van der Waals surface area contributed by atoms with Crippen LogP contribution in [0.2, 0.25) is 0 Å². The van der Waals surface area contributed by atoms with E-state index in [0.717, 1.165) is 12.8 Å². The number of carbonyl (C=O) groups excluding carboxylic acids is 2. The summed E-state index contributed by atoms with van der Waals surface area (Å²) in [4.78, 5) is 26.7. The molecule has 26 heavy (non-hydrogen) atoms. The molecule has 1 fully saturated rings. The van der Waals surface area contributed by atoms with Crippen molar-refractivity contribution >= 4 is 17.5 Å². The molecule has 1 aliphatic rings. The van der Waals surface area contributed by atoms with Crippen LogP contribution in [0.4, 0.5) is 5.69 Å². The maximum Gasteiger partial charge on any atom is 0.258 e. The standard InChI is InChI=1S/C20H25N3O3/c1-23(17-5-3-2-4-6-17)20(25)14-7-9-16(10-8-14)22-19(24)15-11-18(12-21)26-13-15/h7-11,13,17H,2-6,12,21H2,1H3,(H,22,24). The van der Waals surface area contributed by atoms with Crippen molar-refractivity contribution in [2.45, 2.75) is 44.7 Å². The first-order valence-electron chi connectivity index (χ1n) is 9.04. The second kappa shape index (κ2) is 8.19. The third-order valence-corrected chi connectivity index (χ3v) is 4.95. The Morgan fingerprint density at radius 3 is 2.46 bits per heavy atom. The van der Waals surface area contributed by atoms with Crippen molar-refractivity contribution in [2.75, 3.05) is 12.4 Å². The highest BCUT2D eigenvalue weighted by molar-refractivity contribution is 6.04. The molecule has 6 heteroatoms. The van der Waals surface area contributed by atoms with Crippen LogP contribution in [0.5, 0.6) is 0 Å². The number of nitrogens with two attached hydrogens (primary N) is 1. The third kappa shape index (κ3) is 4.14. The lowest BCUT2D eigenvalue weighted by Crippen LogP contribution is -2.38. The van der Waals surface area contributed by atoms with E-state index in [1.165, 1.54) is 25.5 Å². The Bertz CT molecular complexity index is 761. The summed E-state index contributed by atoms with van der Waals surface area (Å²) in [6.45, 7) is 0.249. The summed E-state index contributed by atoms with van der Waals surface area (Å²) in [7, 11) is 1.88. The molecule has 1 aromatic heterocycles. The van der Waals surface area contributed by atoms with Crippen LogP contribution in [0.3, 0.4) is 0 Å². The second-order valence-corrected chi connectivity index (χ2v) is 6.75. The molecule has 0 unspecified atom stereocenters. The zero-order valence-corrected chi connectivity index (χ0v) is 15.0. The van der Waals surface area contributed by atoms with E-state index >= 15 is 0 Å². The summed E-state index contributed by atoms with van der Waals surface area (Å²) in [5.41, 5.74) is 7.15. The summed E-state index contributed by atoms with van der Waals surface area (Å²) in [6, 6.07) is 8.92. The molecule has 0 bridgehead atoms.